The maximum Gasteiger partial charge on any atom is 0.145 e. The second-order valence-corrected chi connectivity index (χ2v) is 8.06. The summed E-state index contributed by atoms with van der Waals surface area (Å²) in [6.45, 7) is 4.45. The quantitative estimate of drug-likeness (QED) is 0.236. The Morgan fingerprint density at radius 1 is 0.774 bits per heavy atom. The molecule has 0 fully saturated rings. The molecule has 6 aromatic rings. The van der Waals surface area contributed by atoms with Gasteiger partial charge in [0, 0.05) is 21.7 Å². The number of fused-ring (bicyclic) bond motifs is 7. The number of hydrogen-bond acceptors (Lipinski definition) is 2. The number of rotatable bonds is 3. The molecule has 0 saturated carbocycles. The Morgan fingerprint density at radius 3 is 2.26 bits per heavy atom. The molecule has 3 heterocycles. The van der Waals surface area contributed by atoms with Crippen molar-refractivity contribution < 1.29 is 0 Å². The van der Waals surface area contributed by atoms with E-state index in [9.17, 15) is 0 Å². The highest BCUT2D eigenvalue weighted by atomic mass is 15.0. The van der Waals surface area contributed by atoms with Crippen LogP contribution in [0.1, 0.15) is 25.0 Å². The lowest BCUT2D eigenvalue weighted by Crippen LogP contribution is -2.00. The van der Waals surface area contributed by atoms with E-state index in [1.807, 2.05) is 6.20 Å². The first-order chi connectivity index (χ1) is 15.3. The maximum absolute atomic E-state index is 5.11. The molecule has 3 aromatic carbocycles. The van der Waals surface area contributed by atoms with Crippen LogP contribution >= 0.6 is 0 Å². The summed E-state index contributed by atoms with van der Waals surface area (Å²) in [7, 11) is 0. The van der Waals surface area contributed by atoms with Gasteiger partial charge in [0.1, 0.15) is 5.65 Å². The predicted octanol–water partition coefficient (Wildman–Crippen LogP) is 6.98. The highest BCUT2D eigenvalue weighted by Crippen LogP contribution is 2.36. The van der Waals surface area contributed by atoms with Gasteiger partial charge in [0.05, 0.1) is 28.4 Å². The minimum atomic E-state index is 0.989. The van der Waals surface area contributed by atoms with Gasteiger partial charge in [0.15, 0.2) is 0 Å². The van der Waals surface area contributed by atoms with Crippen LogP contribution in [0, 0.1) is 0 Å². The number of aryl methyl sites for hydroxylation is 2. The smallest absolute Gasteiger partial charge is 0.145 e. The maximum atomic E-state index is 5.11. The summed E-state index contributed by atoms with van der Waals surface area (Å²) < 4.78 is 2.32. The fourth-order valence-electron chi connectivity index (χ4n) is 4.89. The van der Waals surface area contributed by atoms with Gasteiger partial charge in [-0.05, 0) is 36.1 Å². The molecular formula is C28H23N3. The molecule has 0 amide bonds. The van der Waals surface area contributed by atoms with Crippen LogP contribution in [-0.4, -0.2) is 14.4 Å². The molecule has 3 nitrogen and oxygen atoms in total. The topological polar surface area (TPSA) is 30.2 Å². The molecule has 0 atom stereocenters. The molecule has 0 unspecified atom stereocenters. The zero-order chi connectivity index (χ0) is 20.9. The Labute approximate surface area is 181 Å². The molecule has 3 aromatic heterocycles. The van der Waals surface area contributed by atoms with E-state index in [-0.39, 0.29) is 0 Å². The number of hydrogen-bond donors (Lipinski definition) is 0. The average Bonchev–Trinajstić information content (AvgIpc) is 3.27. The third-order valence-corrected chi connectivity index (χ3v) is 6.38. The third kappa shape index (κ3) is 2.59. The van der Waals surface area contributed by atoms with Gasteiger partial charge < -0.3 is 0 Å². The molecule has 0 spiro atoms. The second kappa shape index (κ2) is 6.92. The highest BCUT2D eigenvalue weighted by Gasteiger charge is 2.18. The molecule has 3 heteroatoms. The molecular weight excluding hydrogens is 378 g/mol. The second-order valence-electron chi connectivity index (χ2n) is 8.06. The van der Waals surface area contributed by atoms with Crippen molar-refractivity contribution in [1.29, 1.82) is 0 Å². The van der Waals surface area contributed by atoms with Crippen LogP contribution < -0.4 is 0 Å². The van der Waals surface area contributed by atoms with Crippen molar-refractivity contribution in [3.8, 4) is 11.3 Å². The van der Waals surface area contributed by atoms with Crippen LogP contribution in [0.5, 0.6) is 0 Å². The molecule has 0 bridgehead atoms. The Balaban J connectivity index is 1.86. The number of nitrogens with zero attached hydrogens (tertiary/aromatic N) is 3. The lowest BCUT2D eigenvalue weighted by atomic mass is 9.95. The third-order valence-electron chi connectivity index (χ3n) is 6.38. The normalized spacial score (nSPS) is 11.8. The van der Waals surface area contributed by atoms with Crippen LogP contribution in [-0.2, 0) is 12.8 Å². The van der Waals surface area contributed by atoms with Crippen LogP contribution in [0.2, 0.25) is 0 Å². The summed E-state index contributed by atoms with van der Waals surface area (Å²) in [6.07, 6.45) is 4.02. The summed E-state index contributed by atoms with van der Waals surface area (Å²) in [5.41, 5.74) is 9.31. The molecule has 0 saturated heterocycles. The zero-order valence-corrected chi connectivity index (χ0v) is 17.8. The SMILES string of the molecule is CCc1cccc(CC)c1-c1cnc2c3ccccc3c3nc4ccccc4cc3n12. The molecule has 31 heavy (non-hydrogen) atoms. The number of imidazole rings is 1. The molecule has 0 radical (unpaired) electrons. The van der Waals surface area contributed by atoms with Crippen molar-refractivity contribution in [3.05, 3.63) is 90.1 Å². The molecule has 6 rings (SSSR count). The number of aromatic nitrogens is 3. The van der Waals surface area contributed by atoms with E-state index < -0.39 is 0 Å². The van der Waals surface area contributed by atoms with Gasteiger partial charge in [-0.3, -0.25) is 4.40 Å². The molecule has 0 aliphatic rings. The van der Waals surface area contributed by atoms with E-state index in [0.717, 1.165) is 56.9 Å². The predicted molar refractivity (Wildman–Crippen MR) is 130 cm³/mol. The van der Waals surface area contributed by atoms with Crippen LogP contribution in [0.3, 0.4) is 0 Å². The fourth-order valence-corrected chi connectivity index (χ4v) is 4.89. The van der Waals surface area contributed by atoms with Gasteiger partial charge in [-0.25, -0.2) is 9.97 Å². The van der Waals surface area contributed by atoms with Gasteiger partial charge in [-0.15, -0.1) is 0 Å². The number of para-hydroxylation sites is 1. The van der Waals surface area contributed by atoms with E-state index in [0.29, 0.717) is 0 Å². The lowest BCUT2D eigenvalue weighted by molar-refractivity contribution is 1.08. The van der Waals surface area contributed by atoms with E-state index in [1.54, 1.807) is 0 Å². The van der Waals surface area contributed by atoms with E-state index >= 15 is 0 Å². The number of pyridine rings is 2. The van der Waals surface area contributed by atoms with E-state index in [2.05, 4.69) is 91.0 Å². The summed E-state index contributed by atoms with van der Waals surface area (Å²) in [6, 6.07) is 25.8. The van der Waals surface area contributed by atoms with E-state index in [4.69, 9.17) is 9.97 Å². The Kier molecular flexibility index (Phi) is 4.03. The average molecular weight is 402 g/mol. The summed E-state index contributed by atoms with van der Waals surface area (Å²) >= 11 is 0. The van der Waals surface area contributed by atoms with Crippen molar-refractivity contribution in [2.24, 2.45) is 0 Å². The molecule has 0 aliphatic heterocycles. The lowest BCUT2D eigenvalue weighted by Gasteiger charge is -2.15. The standard InChI is InChI=1S/C28H23N3/c1-3-18-11-9-12-19(4-2)26(18)25-17-29-28-22-14-7-6-13-21(22)27-24(31(25)28)16-20-10-5-8-15-23(20)30-27/h5-17H,3-4H2,1-2H3. The van der Waals surface area contributed by atoms with Crippen molar-refractivity contribution in [2.75, 3.05) is 0 Å². The minimum absolute atomic E-state index is 0.989. The Hall–Kier alpha value is -3.72. The largest absolute Gasteiger partial charge is 0.290 e. The van der Waals surface area contributed by atoms with Crippen LogP contribution in [0.4, 0.5) is 0 Å². The number of benzene rings is 3. The first-order valence-electron chi connectivity index (χ1n) is 11.0. The summed E-state index contributed by atoms with van der Waals surface area (Å²) in [5, 5.41) is 3.43. The monoisotopic (exact) mass is 401 g/mol. The minimum Gasteiger partial charge on any atom is -0.290 e. The van der Waals surface area contributed by atoms with Crippen molar-refractivity contribution in [1.82, 2.24) is 14.4 Å². The first-order valence-corrected chi connectivity index (χ1v) is 11.0. The molecule has 0 N–H and O–H groups in total. The van der Waals surface area contributed by atoms with Gasteiger partial charge in [0.2, 0.25) is 0 Å². The Bertz CT molecular complexity index is 1590. The van der Waals surface area contributed by atoms with Gasteiger partial charge in [0.25, 0.3) is 0 Å². The van der Waals surface area contributed by atoms with Gasteiger partial charge in [-0.1, -0.05) is 74.5 Å². The Morgan fingerprint density at radius 2 is 1.48 bits per heavy atom. The van der Waals surface area contributed by atoms with Crippen LogP contribution in [0.15, 0.2) is 79.0 Å². The van der Waals surface area contributed by atoms with Crippen molar-refractivity contribution in [3.63, 3.8) is 0 Å². The molecule has 0 aliphatic carbocycles. The first kappa shape index (κ1) is 18.1. The summed E-state index contributed by atoms with van der Waals surface area (Å²) in [5.74, 6) is 0. The molecule has 150 valence electrons. The highest BCUT2D eigenvalue weighted by molar-refractivity contribution is 6.12. The van der Waals surface area contributed by atoms with Gasteiger partial charge >= 0.3 is 0 Å². The van der Waals surface area contributed by atoms with Gasteiger partial charge in [-0.2, -0.15) is 0 Å². The van der Waals surface area contributed by atoms with Crippen molar-refractivity contribution in [2.45, 2.75) is 26.7 Å². The van der Waals surface area contributed by atoms with Crippen molar-refractivity contribution >= 4 is 38.4 Å². The summed E-state index contributed by atoms with van der Waals surface area (Å²) in [4.78, 5) is 10.0. The van der Waals surface area contributed by atoms with Crippen LogP contribution in [0.25, 0.3) is 49.6 Å². The van der Waals surface area contributed by atoms with E-state index in [1.165, 1.54) is 16.7 Å². The fraction of sp³-hybridized carbons (Fsp3) is 0.143. The zero-order valence-electron chi connectivity index (χ0n) is 17.8.